The molecule has 0 N–H and O–H groups in total. The van der Waals surface area contributed by atoms with E-state index in [1.54, 1.807) is 11.0 Å². The van der Waals surface area contributed by atoms with Crippen LogP contribution >= 0.6 is 43.5 Å². The second-order valence-corrected chi connectivity index (χ2v) is 9.13. The minimum Gasteiger partial charge on any atom is -0.476 e. The number of cyclic esters (lactones) is 1. The lowest BCUT2D eigenvalue weighted by molar-refractivity contribution is 0.152. The maximum absolute atomic E-state index is 11.3. The van der Waals surface area contributed by atoms with E-state index in [1.807, 2.05) is 54.6 Å². The van der Waals surface area contributed by atoms with E-state index in [1.165, 1.54) is 0 Å². The van der Waals surface area contributed by atoms with Gasteiger partial charge in [-0.1, -0.05) is 43.5 Å². The molecule has 0 radical (unpaired) electrons. The molecule has 1 aliphatic heterocycles. The first-order chi connectivity index (χ1) is 15.5. The molecule has 1 amide bonds. The molecule has 2 aromatic carbocycles. The van der Waals surface area contributed by atoms with Gasteiger partial charge in [-0.2, -0.15) is 0 Å². The molecule has 9 heteroatoms. The zero-order chi connectivity index (χ0) is 22.5. The van der Waals surface area contributed by atoms with Crippen LogP contribution in [0, 0.1) is 0 Å². The molecule has 0 spiro atoms. The highest BCUT2D eigenvalue weighted by molar-refractivity contribution is 9.10. The minimum atomic E-state index is -0.273. The number of aromatic nitrogens is 2. The predicted octanol–water partition coefficient (Wildman–Crippen LogP) is 6.48. The number of halogens is 3. The van der Waals surface area contributed by atoms with Gasteiger partial charge in [0.1, 0.15) is 18.4 Å². The summed E-state index contributed by atoms with van der Waals surface area (Å²) in [5.74, 6) is 0.562. The van der Waals surface area contributed by atoms with Gasteiger partial charge < -0.3 is 14.4 Å². The Kier molecular flexibility index (Phi) is 7.44. The summed E-state index contributed by atoms with van der Waals surface area (Å²) in [7, 11) is 0. The smallest absolute Gasteiger partial charge is 0.410 e. The number of amides is 1. The average molecular weight is 580 g/mol. The summed E-state index contributed by atoms with van der Waals surface area (Å²) < 4.78 is 12.5. The number of carbonyl (C=O) groups excluding carboxylic acids is 1. The Morgan fingerprint density at radius 2 is 1.59 bits per heavy atom. The molecular weight excluding hydrogens is 562 g/mol. The second kappa shape index (κ2) is 10.5. The summed E-state index contributed by atoms with van der Waals surface area (Å²) in [5, 5.41) is 2.67. The van der Waals surface area contributed by atoms with Crippen LogP contribution in [0.2, 0.25) is 5.15 Å². The van der Waals surface area contributed by atoms with Gasteiger partial charge in [-0.05, 0) is 54.6 Å². The highest BCUT2D eigenvalue weighted by Gasteiger charge is 2.21. The van der Waals surface area contributed by atoms with Crippen LogP contribution < -0.4 is 4.74 Å². The first-order valence-corrected chi connectivity index (χ1v) is 11.8. The molecule has 164 valence electrons. The highest BCUT2D eigenvalue weighted by Crippen LogP contribution is 2.21. The fourth-order valence-corrected chi connectivity index (χ4v) is 4.03. The Labute approximate surface area is 206 Å². The van der Waals surface area contributed by atoms with Crippen molar-refractivity contribution in [2.45, 2.75) is 0 Å². The molecule has 5 rings (SSSR count). The topological polar surface area (TPSA) is 64.5 Å². The van der Waals surface area contributed by atoms with E-state index >= 15 is 0 Å². The van der Waals surface area contributed by atoms with Crippen molar-refractivity contribution >= 4 is 71.4 Å². The van der Waals surface area contributed by atoms with Crippen molar-refractivity contribution in [3.63, 3.8) is 0 Å². The van der Waals surface area contributed by atoms with Gasteiger partial charge in [-0.3, -0.25) is 0 Å². The number of hydrogen-bond acceptors (Lipinski definition) is 5. The molecule has 3 heterocycles. The number of benzene rings is 2. The van der Waals surface area contributed by atoms with Crippen LogP contribution in [0.25, 0.3) is 21.8 Å². The summed E-state index contributed by atoms with van der Waals surface area (Å²) in [4.78, 5) is 21.5. The third-order valence-corrected chi connectivity index (χ3v) is 5.90. The summed E-state index contributed by atoms with van der Waals surface area (Å²) >= 11 is 12.6. The molecule has 0 unspecified atom stereocenters. The largest absolute Gasteiger partial charge is 0.476 e. The number of hydrogen-bond donors (Lipinski definition) is 0. The summed E-state index contributed by atoms with van der Waals surface area (Å²) in [6.45, 7) is 2.01. The molecular formula is C23H18Br2ClN3O3. The highest BCUT2D eigenvalue weighted by atomic mass is 79.9. The first kappa shape index (κ1) is 22.8. The van der Waals surface area contributed by atoms with Crippen LogP contribution in [0.5, 0.6) is 5.88 Å². The SMILES string of the molecule is Clc1ccc2cc(Br)ccc2n1.O=C1OCCN1CCOc1ccc2cc(Br)ccc2n1. The summed E-state index contributed by atoms with van der Waals surface area (Å²) in [5.41, 5.74) is 1.80. The molecule has 1 aliphatic rings. The van der Waals surface area contributed by atoms with Crippen LogP contribution in [0.3, 0.4) is 0 Å². The molecule has 32 heavy (non-hydrogen) atoms. The van der Waals surface area contributed by atoms with Crippen molar-refractivity contribution in [2.24, 2.45) is 0 Å². The summed E-state index contributed by atoms with van der Waals surface area (Å²) in [6.07, 6.45) is -0.273. The molecule has 1 saturated heterocycles. The van der Waals surface area contributed by atoms with Crippen molar-refractivity contribution in [2.75, 3.05) is 26.3 Å². The van der Waals surface area contributed by atoms with Crippen molar-refractivity contribution in [3.05, 3.63) is 74.8 Å². The number of carbonyl (C=O) groups is 1. The van der Waals surface area contributed by atoms with Gasteiger partial charge in [0.15, 0.2) is 0 Å². The van der Waals surface area contributed by atoms with Gasteiger partial charge in [0.25, 0.3) is 0 Å². The van der Waals surface area contributed by atoms with Gasteiger partial charge in [0, 0.05) is 25.8 Å². The van der Waals surface area contributed by atoms with E-state index in [0.717, 1.165) is 30.8 Å². The molecule has 4 aromatic rings. The number of fused-ring (bicyclic) bond motifs is 2. The third kappa shape index (κ3) is 5.88. The second-order valence-electron chi connectivity index (χ2n) is 6.91. The van der Waals surface area contributed by atoms with Crippen LogP contribution in [0.1, 0.15) is 0 Å². The van der Waals surface area contributed by atoms with Crippen LogP contribution in [0.15, 0.2) is 69.6 Å². The van der Waals surface area contributed by atoms with E-state index in [9.17, 15) is 4.79 Å². The van der Waals surface area contributed by atoms with E-state index in [4.69, 9.17) is 21.1 Å². The molecule has 0 aliphatic carbocycles. The fraction of sp³-hybridized carbons (Fsp3) is 0.174. The van der Waals surface area contributed by atoms with Crippen molar-refractivity contribution in [1.82, 2.24) is 14.9 Å². The maximum atomic E-state index is 11.3. The Morgan fingerprint density at radius 1 is 0.938 bits per heavy atom. The van der Waals surface area contributed by atoms with Gasteiger partial charge in [0.2, 0.25) is 5.88 Å². The number of pyridine rings is 2. The molecule has 0 saturated carbocycles. The normalized spacial score (nSPS) is 13.1. The lowest BCUT2D eigenvalue weighted by Crippen LogP contribution is -2.29. The van der Waals surface area contributed by atoms with Gasteiger partial charge in [0.05, 0.1) is 24.1 Å². The maximum Gasteiger partial charge on any atom is 0.410 e. The number of ether oxygens (including phenoxy) is 2. The van der Waals surface area contributed by atoms with E-state index in [-0.39, 0.29) is 6.09 Å². The quantitative estimate of drug-likeness (QED) is 0.259. The van der Waals surface area contributed by atoms with Crippen molar-refractivity contribution < 1.29 is 14.3 Å². The fourth-order valence-electron chi connectivity index (χ4n) is 3.12. The number of nitrogens with zero attached hydrogens (tertiary/aromatic N) is 3. The van der Waals surface area contributed by atoms with Crippen molar-refractivity contribution in [1.29, 1.82) is 0 Å². The van der Waals surface area contributed by atoms with Crippen LogP contribution in [0.4, 0.5) is 4.79 Å². The Bertz CT molecular complexity index is 1230. The Hall–Kier alpha value is -2.42. The lowest BCUT2D eigenvalue weighted by Gasteiger charge is -2.12. The van der Waals surface area contributed by atoms with Crippen LogP contribution in [-0.2, 0) is 4.74 Å². The predicted molar refractivity (Wildman–Crippen MR) is 132 cm³/mol. The van der Waals surface area contributed by atoms with E-state index in [2.05, 4.69) is 41.8 Å². The van der Waals surface area contributed by atoms with Gasteiger partial charge in [-0.25, -0.2) is 14.8 Å². The molecule has 6 nitrogen and oxygen atoms in total. The van der Waals surface area contributed by atoms with Crippen molar-refractivity contribution in [3.8, 4) is 5.88 Å². The lowest BCUT2D eigenvalue weighted by atomic mass is 10.2. The molecule has 1 fully saturated rings. The first-order valence-electron chi connectivity index (χ1n) is 9.80. The minimum absolute atomic E-state index is 0.273. The third-order valence-electron chi connectivity index (χ3n) is 4.70. The average Bonchev–Trinajstić information content (AvgIpc) is 3.19. The number of rotatable bonds is 4. The molecule has 0 atom stereocenters. The molecule has 0 bridgehead atoms. The van der Waals surface area contributed by atoms with E-state index < -0.39 is 0 Å². The summed E-state index contributed by atoms with van der Waals surface area (Å²) in [6, 6.07) is 19.3. The van der Waals surface area contributed by atoms with Gasteiger partial charge >= 0.3 is 6.09 Å². The Balaban J connectivity index is 0.000000174. The van der Waals surface area contributed by atoms with E-state index in [0.29, 0.717) is 37.3 Å². The zero-order valence-corrected chi connectivity index (χ0v) is 20.7. The standard InChI is InChI=1S/C14H13BrN2O3.C9H5BrClN/c15-11-2-3-12-10(9-11)1-4-13(16-12)19-7-5-17-6-8-20-14(17)18;10-7-2-3-8-6(5-7)1-4-9(11)12-8/h1-4,9H,5-8H2;1-5H. The monoisotopic (exact) mass is 577 g/mol. The Morgan fingerprint density at radius 3 is 2.25 bits per heavy atom. The zero-order valence-electron chi connectivity index (χ0n) is 16.8. The van der Waals surface area contributed by atoms with Crippen LogP contribution in [-0.4, -0.2) is 47.3 Å². The molecule has 2 aromatic heterocycles. The van der Waals surface area contributed by atoms with Gasteiger partial charge in [-0.15, -0.1) is 0 Å².